The van der Waals surface area contributed by atoms with Gasteiger partial charge in [0.05, 0.1) is 10.0 Å². The molecule has 2 aliphatic heterocycles. The van der Waals surface area contributed by atoms with E-state index in [4.69, 9.17) is 11.6 Å². The summed E-state index contributed by atoms with van der Waals surface area (Å²) in [7, 11) is 0. The van der Waals surface area contributed by atoms with E-state index in [-0.39, 0.29) is 5.91 Å². The van der Waals surface area contributed by atoms with Gasteiger partial charge in [-0.3, -0.25) is 14.6 Å². The minimum Gasteiger partial charge on any atom is -0.353 e. The molecular formula is C27H35BrClN5O. The SMILES string of the molecule is O=C(NC1CCCC1)c1cnc(N2CCN(C3CCN(Cc4ccc(Cl)cc4)CC3)CC2)c(Br)c1. The summed E-state index contributed by atoms with van der Waals surface area (Å²) in [5, 5.41) is 3.95. The van der Waals surface area contributed by atoms with Crippen LogP contribution in [0.1, 0.15) is 54.4 Å². The van der Waals surface area contributed by atoms with Crippen molar-refractivity contribution in [1.82, 2.24) is 20.1 Å². The molecule has 3 heterocycles. The molecule has 188 valence electrons. The first-order valence-electron chi connectivity index (χ1n) is 13.0. The largest absolute Gasteiger partial charge is 0.353 e. The standard InChI is InChI=1S/C27H35BrClN5O/c28-25-17-21(27(35)31-23-3-1-2-4-23)18-30-26(25)34-15-13-33(14-16-34)24-9-11-32(12-10-24)19-20-5-7-22(29)8-6-20/h5-8,17-18,23-24H,1-4,9-16,19H2,(H,31,35). The Bertz CT molecular complexity index is 997. The minimum absolute atomic E-state index is 0.0103. The number of anilines is 1. The number of likely N-dealkylation sites (tertiary alicyclic amines) is 1. The average molecular weight is 561 g/mol. The second-order valence-electron chi connectivity index (χ2n) is 10.1. The van der Waals surface area contributed by atoms with Crippen LogP contribution < -0.4 is 10.2 Å². The lowest BCUT2D eigenvalue weighted by Gasteiger charge is -2.43. The molecule has 3 aliphatic rings. The highest BCUT2D eigenvalue weighted by Gasteiger charge is 2.28. The summed E-state index contributed by atoms with van der Waals surface area (Å²) in [6.07, 6.45) is 8.77. The molecule has 1 saturated carbocycles. The predicted octanol–water partition coefficient (Wildman–Crippen LogP) is 4.96. The molecule has 0 unspecified atom stereocenters. The van der Waals surface area contributed by atoms with Crippen molar-refractivity contribution in [1.29, 1.82) is 0 Å². The van der Waals surface area contributed by atoms with Crippen molar-refractivity contribution in [3.63, 3.8) is 0 Å². The van der Waals surface area contributed by atoms with E-state index < -0.39 is 0 Å². The van der Waals surface area contributed by atoms with Crippen LogP contribution in [0, 0.1) is 0 Å². The van der Waals surface area contributed by atoms with E-state index in [0.717, 1.165) is 74.0 Å². The van der Waals surface area contributed by atoms with Crippen molar-refractivity contribution in [2.24, 2.45) is 0 Å². The van der Waals surface area contributed by atoms with Crippen LogP contribution in [0.4, 0.5) is 5.82 Å². The number of aromatic nitrogens is 1. The Morgan fingerprint density at radius 3 is 2.34 bits per heavy atom. The van der Waals surface area contributed by atoms with E-state index in [9.17, 15) is 4.79 Å². The lowest BCUT2D eigenvalue weighted by atomic mass is 10.0. The molecule has 2 aromatic rings. The van der Waals surface area contributed by atoms with Crippen LogP contribution in [0.15, 0.2) is 41.0 Å². The number of piperidine rings is 1. The lowest BCUT2D eigenvalue weighted by molar-refractivity contribution is 0.0937. The maximum absolute atomic E-state index is 12.6. The lowest BCUT2D eigenvalue weighted by Crippen LogP contribution is -2.53. The van der Waals surface area contributed by atoms with Gasteiger partial charge in [0.2, 0.25) is 0 Å². The number of carbonyl (C=O) groups is 1. The van der Waals surface area contributed by atoms with Gasteiger partial charge in [-0.1, -0.05) is 36.6 Å². The predicted molar refractivity (Wildman–Crippen MR) is 145 cm³/mol. The van der Waals surface area contributed by atoms with Gasteiger partial charge >= 0.3 is 0 Å². The van der Waals surface area contributed by atoms with Gasteiger partial charge in [0, 0.05) is 56.0 Å². The summed E-state index contributed by atoms with van der Waals surface area (Å²) in [6.45, 7) is 7.33. The maximum Gasteiger partial charge on any atom is 0.253 e. The van der Waals surface area contributed by atoms with E-state index in [2.05, 4.69) is 53.1 Å². The molecular weight excluding hydrogens is 526 g/mol. The Balaban J connectivity index is 1.09. The third-order valence-corrected chi connectivity index (χ3v) is 8.62. The smallest absolute Gasteiger partial charge is 0.253 e. The van der Waals surface area contributed by atoms with E-state index in [1.54, 1.807) is 6.20 Å². The van der Waals surface area contributed by atoms with E-state index >= 15 is 0 Å². The second kappa shape index (κ2) is 11.6. The number of piperazine rings is 1. The molecule has 0 spiro atoms. The summed E-state index contributed by atoms with van der Waals surface area (Å²) in [5.74, 6) is 0.934. The number of nitrogens with one attached hydrogen (secondary N) is 1. The second-order valence-corrected chi connectivity index (χ2v) is 11.4. The van der Waals surface area contributed by atoms with Crippen LogP contribution in [0.2, 0.25) is 5.02 Å². The average Bonchev–Trinajstić information content (AvgIpc) is 3.39. The zero-order chi connectivity index (χ0) is 24.2. The first kappa shape index (κ1) is 25.0. The molecule has 0 radical (unpaired) electrons. The molecule has 1 aliphatic carbocycles. The van der Waals surface area contributed by atoms with Crippen molar-refractivity contribution in [2.45, 2.75) is 57.2 Å². The molecule has 6 nitrogen and oxygen atoms in total. The minimum atomic E-state index is -0.0103. The summed E-state index contributed by atoms with van der Waals surface area (Å²) in [4.78, 5) is 24.8. The van der Waals surface area contributed by atoms with E-state index in [0.29, 0.717) is 17.6 Å². The molecule has 1 amide bonds. The highest BCUT2D eigenvalue weighted by Crippen LogP contribution is 2.28. The summed E-state index contributed by atoms with van der Waals surface area (Å²) in [6, 6.07) is 11.1. The van der Waals surface area contributed by atoms with Crippen molar-refractivity contribution < 1.29 is 4.79 Å². The van der Waals surface area contributed by atoms with Crippen molar-refractivity contribution in [3.05, 3.63) is 57.2 Å². The van der Waals surface area contributed by atoms with Crippen LogP contribution in [0.3, 0.4) is 0 Å². The van der Waals surface area contributed by atoms with Crippen molar-refractivity contribution >= 4 is 39.3 Å². The van der Waals surface area contributed by atoms with Gasteiger partial charge in [0.25, 0.3) is 5.91 Å². The van der Waals surface area contributed by atoms with Crippen LogP contribution in [0.25, 0.3) is 0 Å². The number of carbonyl (C=O) groups excluding carboxylic acids is 1. The van der Waals surface area contributed by atoms with Gasteiger partial charge in [-0.15, -0.1) is 0 Å². The number of hydrogen-bond acceptors (Lipinski definition) is 5. The quantitative estimate of drug-likeness (QED) is 0.541. The highest BCUT2D eigenvalue weighted by molar-refractivity contribution is 9.10. The number of pyridine rings is 1. The Morgan fingerprint density at radius 2 is 1.69 bits per heavy atom. The topological polar surface area (TPSA) is 51.7 Å². The maximum atomic E-state index is 12.6. The number of halogens is 2. The third kappa shape index (κ3) is 6.37. The fraction of sp³-hybridized carbons (Fsp3) is 0.556. The Labute approximate surface area is 222 Å². The molecule has 0 bridgehead atoms. The Kier molecular flexibility index (Phi) is 8.28. The zero-order valence-corrected chi connectivity index (χ0v) is 22.6. The molecule has 35 heavy (non-hydrogen) atoms. The van der Waals surface area contributed by atoms with Crippen LogP contribution in [-0.4, -0.2) is 72.0 Å². The van der Waals surface area contributed by atoms with Crippen molar-refractivity contribution in [3.8, 4) is 0 Å². The van der Waals surface area contributed by atoms with Crippen LogP contribution in [-0.2, 0) is 6.54 Å². The fourth-order valence-electron chi connectivity index (χ4n) is 5.72. The monoisotopic (exact) mass is 559 g/mol. The molecule has 0 atom stereocenters. The fourth-order valence-corrected chi connectivity index (χ4v) is 6.44. The molecule has 2 saturated heterocycles. The van der Waals surface area contributed by atoms with E-state index in [1.807, 2.05) is 18.2 Å². The van der Waals surface area contributed by atoms with Gasteiger partial charge < -0.3 is 10.2 Å². The highest BCUT2D eigenvalue weighted by atomic mass is 79.9. The molecule has 5 rings (SSSR count). The van der Waals surface area contributed by atoms with Gasteiger partial charge in [-0.05, 0) is 78.5 Å². The normalized spacial score (nSPS) is 20.9. The van der Waals surface area contributed by atoms with Gasteiger partial charge in [-0.2, -0.15) is 0 Å². The Morgan fingerprint density at radius 1 is 1.00 bits per heavy atom. The number of hydrogen-bond donors (Lipinski definition) is 1. The van der Waals surface area contributed by atoms with Crippen LogP contribution in [0.5, 0.6) is 0 Å². The molecule has 3 fully saturated rings. The summed E-state index contributed by atoms with van der Waals surface area (Å²) in [5.41, 5.74) is 1.97. The number of amides is 1. The summed E-state index contributed by atoms with van der Waals surface area (Å²) >= 11 is 9.70. The zero-order valence-electron chi connectivity index (χ0n) is 20.3. The first-order valence-corrected chi connectivity index (χ1v) is 14.1. The molecule has 8 heteroatoms. The Hall–Kier alpha value is -1.67. The third-order valence-electron chi connectivity index (χ3n) is 7.78. The summed E-state index contributed by atoms with van der Waals surface area (Å²) < 4.78 is 0.903. The van der Waals surface area contributed by atoms with Gasteiger partial charge in [-0.25, -0.2) is 4.98 Å². The van der Waals surface area contributed by atoms with Gasteiger partial charge in [0.15, 0.2) is 0 Å². The molecule has 1 aromatic heterocycles. The van der Waals surface area contributed by atoms with Gasteiger partial charge in [0.1, 0.15) is 5.82 Å². The van der Waals surface area contributed by atoms with E-state index in [1.165, 1.54) is 31.2 Å². The number of benzene rings is 1. The molecule has 1 aromatic carbocycles. The number of nitrogens with zero attached hydrogens (tertiary/aromatic N) is 4. The number of rotatable bonds is 6. The van der Waals surface area contributed by atoms with Crippen molar-refractivity contribution in [2.75, 3.05) is 44.2 Å². The molecule has 1 N–H and O–H groups in total. The first-order chi connectivity index (χ1) is 17.0. The van der Waals surface area contributed by atoms with Crippen LogP contribution >= 0.6 is 27.5 Å².